The molecule has 5 nitrogen and oxygen atoms in total. The van der Waals surface area contributed by atoms with Crippen LogP contribution in [-0.4, -0.2) is 33.1 Å². The quantitative estimate of drug-likeness (QED) is 0.804. The minimum atomic E-state index is -0.238. The third-order valence-corrected chi connectivity index (χ3v) is 5.25. The van der Waals surface area contributed by atoms with E-state index in [4.69, 9.17) is 0 Å². The highest BCUT2D eigenvalue weighted by atomic mass is 79.9. The molecule has 1 atom stereocenters. The fourth-order valence-electron chi connectivity index (χ4n) is 3.02. The average Bonchev–Trinajstić information content (AvgIpc) is 3.43. The summed E-state index contributed by atoms with van der Waals surface area (Å²) in [4.78, 5) is 26.9. The number of benzene rings is 1. The van der Waals surface area contributed by atoms with Gasteiger partial charge in [-0.05, 0) is 40.3 Å². The maximum Gasteiger partial charge on any atom is 0.255 e. The van der Waals surface area contributed by atoms with Crippen molar-refractivity contribution in [1.29, 1.82) is 0 Å². The Kier molecular flexibility index (Phi) is 5.39. The Morgan fingerprint density at radius 3 is 2.64 bits per heavy atom. The lowest BCUT2D eigenvalue weighted by Crippen LogP contribution is -2.44. The van der Waals surface area contributed by atoms with Gasteiger partial charge in [0.15, 0.2) is 0 Å². The molecule has 3 rings (SSSR count). The van der Waals surface area contributed by atoms with Crippen LogP contribution < -0.4 is 5.56 Å². The van der Waals surface area contributed by atoms with Crippen molar-refractivity contribution in [3.8, 4) is 0 Å². The van der Waals surface area contributed by atoms with Crippen LogP contribution in [-0.2, 0) is 13.6 Å². The van der Waals surface area contributed by atoms with Gasteiger partial charge in [0.05, 0.1) is 18.2 Å². The van der Waals surface area contributed by atoms with Crippen LogP contribution in [0.15, 0.2) is 51.9 Å². The summed E-state index contributed by atoms with van der Waals surface area (Å²) in [6, 6.07) is 10.8. The summed E-state index contributed by atoms with van der Waals surface area (Å²) in [7, 11) is 1.64. The van der Waals surface area contributed by atoms with Crippen LogP contribution >= 0.6 is 15.9 Å². The van der Waals surface area contributed by atoms with Gasteiger partial charge in [0.1, 0.15) is 0 Å². The van der Waals surface area contributed by atoms with Gasteiger partial charge in [-0.2, -0.15) is 0 Å². The van der Waals surface area contributed by atoms with Gasteiger partial charge in [0.25, 0.3) is 11.5 Å². The second kappa shape index (κ2) is 7.54. The molecule has 25 heavy (non-hydrogen) atoms. The summed E-state index contributed by atoms with van der Waals surface area (Å²) in [6.45, 7) is 0.328. The lowest BCUT2D eigenvalue weighted by Gasteiger charge is -2.31. The maximum absolute atomic E-state index is 13.2. The smallest absolute Gasteiger partial charge is 0.255 e. The average molecular weight is 405 g/mol. The number of carbonyl (C=O) groups is 1. The van der Waals surface area contributed by atoms with E-state index in [0.29, 0.717) is 22.5 Å². The standard InChI is InChI=1S/C19H21BrN2O3/c1-21-11-16(20)15(9-18(21)24)19(25)22(17(12-23)14-7-8-14)10-13-5-3-2-4-6-13/h2-6,9,11,14,17,23H,7-8,10,12H2,1H3. The van der Waals surface area contributed by atoms with E-state index in [0.717, 1.165) is 18.4 Å². The third kappa shape index (κ3) is 4.02. The number of hydrogen-bond donors (Lipinski definition) is 1. The SMILES string of the molecule is Cn1cc(Br)c(C(=O)N(Cc2ccccc2)C(CO)C2CC2)cc1=O. The molecule has 1 unspecified atom stereocenters. The predicted octanol–water partition coefficient (Wildman–Crippen LogP) is 2.56. The van der Waals surface area contributed by atoms with Crippen LogP contribution in [0.2, 0.25) is 0 Å². The van der Waals surface area contributed by atoms with E-state index in [1.54, 1.807) is 18.1 Å². The number of aromatic nitrogens is 1. The Bertz CT molecular complexity index is 815. The van der Waals surface area contributed by atoms with Gasteiger partial charge in [-0.3, -0.25) is 9.59 Å². The van der Waals surface area contributed by atoms with E-state index in [2.05, 4.69) is 15.9 Å². The Morgan fingerprint density at radius 2 is 2.04 bits per heavy atom. The topological polar surface area (TPSA) is 62.5 Å². The molecule has 0 saturated heterocycles. The predicted molar refractivity (Wildman–Crippen MR) is 99.3 cm³/mol. The Morgan fingerprint density at radius 1 is 1.36 bits per heavy atom. The Balaban J connectivity index is 1.97. The number of hydrogen-bond acceptors (Lipinski definition) is 3. The largest absolute Gasteiger partial charge is 0.394 e. The first kappa shape index (κ1) is 17.9. The van der Waals surface area contributed by atoms with Gasteiger partial charge < -0.3 is 14.6 Å². The zero-order valence-electron chi connectivity index (χ0n) is 14.1. The normalized spacial score (nSPS) is 15.0. The zero-order valence-corrected chi connectivity index (χ0v) is 15.6. The molecule has 0 bridgehead atoms. The van der Waals surface area contributed by atoms with Crippen molar-refractivity contribution >= 4 is 21.8 Å². The zero-order chi connectivity index (χ0) is 18.0. The van der Waals surface area contributed by atoms with Crippen LogP contribution in [0.3, 0.4) is 0 Å². The molecule has 1 fully saturated rings. The molecule has 1 N–H and O–H groups in total. The molecular weight excluding hydrogens is 384 g/mol. The molecule has 1 aromatic carbocycles. The molecule has 2 aromatic rings. The molecule has 6 heteroatoms. The first-order valence-electron chi connectivity index (χ1n) is 8.33. The van der Waals surface area contributed by atoms with Crippen LogP contribution in [0, 0.1) is 5.92 Å². The van der Waals surface area contributed by atoms with E-state index >= 15 is 0 Å². The van der Waals surface area contributed by atoms with E-state index in [-0.39, 0.29) is 24.1 Å². The fraction of sp³-hybridized carbons (Fsp3) is 0.368. The van der Waals surface area contributed by atoms with Crippen molar-refractivity contribution in [3.05, 3.63) is 68.5 Å². The van der Waals surface area contributed by atoms with Gasteiger partial charge >= 0.3 is 0 Å². The van der Waals surface area contributed by atoms with Gasteiger partial charge in [-0.1, -0.05) is 30.3 Å². The van der Waals surface area contributed by atoms with E-state index in [1.807, 2.05) is 30.3 Å². The highest BCUT2D eigenvalue weighted by Crippen LogP contribution is 2.36. The fourth-order valence-corrected chi connectivity index (χ4v) is 3.61. The number of amides is 1. The van der Waals surface area contributed by atoms with Crippen molar-refractivity contribution in [3.63, 3.8) is 0 Å². The van der Waals surface area contributed by atoms with Gasteiger partial charge in [0, 0.05) is 30.3 Å². The van der Waals surface area contributed by atoms with Crippen molar-refractivity contribution in [2.75, 3.05) is 6.61 Å². The molecule has 1 saturated carbocycles. The molecule has 1 aliphatic rings. The van der Waals surface area contributed by atoms with Crippen molar-refractivity contribution < 1.29 is 9.90 Å². The number of aryl methyl sites for hydroxylation is 1. The summed E-state index contributed by atoms with van der Waals surface area (Å²) in [5.41, 5.74) is 1.09. The van der Waals surface area contributed by atoms with Crippen molar-refractivity contribution in [2.24, 2.45) is 13.0 Å². The van der Waals surface area contributed by atoms with Gasteiger partial charge in [0.2, 0.25) is 0 Å². The molecule has 0 radical (unpaired) electrons. The molecule has 1 heterocycles. The summed E-state index contributed by atoms with van der Waals surface area (Å²) < 4.78 is 2.00. The Labute approximate surface area is 155 Å². The van der Waals surface area contributed by atoms with Crippen molar-refractivity contribution in [2.45, 2.75) is 25.4 Å². The second-order valence-electron chi connectivity index (χ2n) is 6.49. The first-order chi connectivity index (χ1) is 12.0. The number of carbonyl (C=O) groups excluding carboxylic acids is 1. The number of rotatable bonds is 6. The number of nitrogens with zero attached hydrogens (tertiary/aromatic N) is 2. The summed E-state index contributed by atoms with van der Waals surface area (Å²) in [6.07, 6.45) is 3.63. The summed E-state index contributed by atoms with van der Waals surface area (Å²) >= 11 is 3.39. The molecule has 1 amide bonds. The van der Waals surface area contributed by atoms with E-state index in [1.165, 1.54) is 10.6 Å². The lowest BCUT2D eigenvalue weighted by atomic mass is 10.1. The highest BCUT2D eigenvalue weighted by Gasteiger charge is 2.37. The minimum Gasteiger partial charge on any atom is -0.394 e. The number of aliphatic hydroxyl groups excluding tert-OH is 1. The Hall–Kier alpha value is -1.92. The first-order valence-corrected chi connectivity index (χ1v) is 9.12. The molecule has 1 aromatic heterocycles. The molecule has 1 aliphatic carbocycles. The minimum absolute atomic E-state index is 0.0777. The number of halogens is 1. The van der Waals surface area contributed by atoms with Crippen molar-refractivity contribution in [1.82, 2.24) is 9.47 Å². The third-order valence-electron chi connectivity index (χ3n) is 4.62. The summed E-state index contributed by atoms with van der Waals surface area (Å²) in [5.74, 6) is 0.0855. The molecule has 0 spiro atoms. The second-order valence-corrected chi connectivity index (χ2v) is 7.34. The summed E-state index contributed by atoms with van der Waals surface area (Å²) in [5, 5.41) is 9.88. The number of pyridine rings is 1. The maximum atomic E-state index is 13.2. The van der Waals surface area contributed by atoms with Crippen LogP contribution in [0.1, 0.15) is 28.8 Å². The van der Waals surface area contributed by atoms with Gasteiger partial charge in [-0.15, -0.1) is 0 Å². The van der Waals surface area contributed by atoms with Gasteiger partial charge in [-0.25, -0.2) is 0 Å². The molecule has 132 valence electrons. The van der Waals surface area contributed by atoms with Crippen LogP contribution in [0.4, 0.5) is 0 Å². The molecular formula is C19H21BrN2O3. The van der Waals surface area contributed by atoms with Crippen LogP contribution in [0.25, 0.3) is 0 Å². The van der Waals surface area contributed by atoms with E-state index in [9.17, 15) is 14.7 Å². The number of aliphatic hydroxyl groups is 1. The highest BCUT2D eigenvalue weighted by molar-refractivity contribution is 9.10. The molecule has 0 aliphatic heterocycles. The van der Waals surface area contributed by atoms with Crippen LogP contribution in [0.5, 0.6) is 0 Å². The monoisotopic (exact) mass is 404 g/mol. The van der Waals surface area contributed by atoms with E-state index < -0.39 is 0 Å². The lowest BCUT2D eigenvalue weighted by molar-refractivity contribution is 0.0530.